The largest absolute Gasteiger partial charge is 0.500 e. The van der Waals surface area contributed by atoms with E-state index in [0.717, 1.165) is 11.3 Å². The molecule has 1 aromatic carbocycles. The van der Waals surface area contributed by atoms with Crippen LogP contribution in [0.25, 0.3) is 10.1 Å². The number of thiophene rings is 1. The van der Waals surface area contributed by atoms with E-state index in [4.69, 9.17) is 10.0 Å². The van der Waals surface area contributed by atoms with Gasteiger partial charge in [-0.1, -0.05) is 6.07 Å². The highest BCUT2D eigenvalue weighted by Gasteiger charge is 2.21. The van der Waals surface area contributed by atoms with Gasteiger partial charge >= 0.3 is 7.12 Å². The fraction of sp³-hybridized carbons (Fsp3) is 0. The molecule has 0 spiro atoms. The van der Waals surface area contributed by atoms with Crippen molar-refractivity contribution >= 4 is 49.2 Å². The van der Waals surface area contributed by atoms with Crippen molar-refractivity contribution in [3.63, 3.8) is 0 Å². The Labute approximate surface area is 92.3 Å². The number of rotatable bonds is 1. The van der Waals surface area contributed by atoms with E-state index < -0.39 is 7.12 Å². The molecule has 1 heterocycles. The van der Waals surface area contributed by atoms with Crippen LogP contribution in [-0.4, -0.2) is 17.2 Å². The molecule has 0 aliphatic rings. The van der Waals surface area contributed by atoms with Gasteiger partial charge in [0.05, 0.1) is 4.78 Å². The summed E-state index contributed by atoms with van der Waals surface area (Å²) in [5.74, 6) is -0.363. The fourth-order valence-corrected chi connectivity index (χ4v) is 3.22. The monoisotopic (exact) mass is 274 g/mol. The molecule has 6 heteroatoms. The molecule has 0 amide bonds. The highest BCUT2D eigenvalue weighted by Crippen LogP contribution is 2.30. The lowest BCUT2D eigenvalue weighted by Crippen LogP contribution is -2.27. The Hall–Kier alpha value is -0.425. The normalized spacial score (nSPS) is 10.9. The lowest BCUT2D eigenvalue weighted by Gasteiger charge is -1.94. The molecule has 0 bridgehead atoms. The van der Waals surface area contributed by atoms with E-state index in [-0.39, 0.29) is 5.82 Å². The summed E-state index contributed by atoms with van der Waals surface area (Å²) in [6.07, 6.45) is 0. The van der Waals surface area contributed by atoms with Gasteiger partial charge in [-0.2, -0.15) is 0 Å². The number of hydrogen-bond donors (Lipinski definition) is 2. The average Bonchev–Trinajstić information content (AvgIpc) is 2.45. The van der Waals surface area contributed by atoms with Crippen molar-refractivity contribution in [3.05, 3.63) is 28.5 Å². The Kier molecular flexibility index (Phi) is 2.61. The molecule has 1 aromatic heterocycles. The maximum atomic E-state index is 13.3. The van der Waals surface area contributed by atoms with Crippen molar-refractivity contribution in [1.29, 1.82) is 0 Å². The lowest BCUT2D eigenvalue weighted by molar-refractivity contribution is 0.426. The average molecular weight is 275 g/mol. The summed E-state index contributed by atoms with van der Waals surface area (Å²) in [5, 5.41) is 18.4. The molecular formula is C8H5BBrFO2S. The molecule has 2 rings (SSSR count). The summed E-state index contributed by atoms with van der Waals surface area (Å²) in [6, 6.07) is 4.67. The van der Waals surface area contributed by atoms with E-state index in [1.54, 1.807) is 12.1 Å². The maximum Gasteiger partial charge on any atom is 0.500 e. The first-order valence-corrected chi connectivity index (χ1v) is 5.44. The summed E-state index contributed by atoms with van der Waals surface area (Å²) in [4.78, 5) is 0. The van der Waals surface area contributed by atoms with Gasteiger partial charge in [-0.15, -0.1) is 11.3 Å². The third kappa shape index (κ3) is 1.48. The van der Waals surface area contributed by atoms with Crippen molar-refractivity contribution in [2.24, 2.45) is 0 Å². The van der Waals surface area contributed by atoms with Crippen LogP contribution in [-0.2, 0) is 0 Å². The van der Waals surface area contributed by atoms with E-state index >= 15 is 0 Å². The van der Waals surface area contributed by atoms with Crippen LogP contribution in [0.5, 0.6) is 0 Å². The molecule has 2 aromatic rings. The van der Waals surface area contributed by atoms with Crippen molar-refractivity contribution in [1.82, 2.24) is 0 Å². The molecule has 0 aliphatic heterocycles. The second-order valence-electron chi connectivity index (χ2n) is 2.77. The first kappa shape index (κ1) is 10.1. The van der Waals surface area contributed by atoms with Crippen molar-refractivity contribution < 1.29 is 14.4 Å². The van der Waals surface area contributed by atoms with Crippen LogP contribution in [0.3, 0.4) is 0 Å². The maximum absolute atomic E-state index is 13.3. The Balaban J connectivity index is 2.81. The van der Waals surface area contributed by atoms with Gasteiger partial charge in [0.1, 0.15) is 5.82 Å². The minimum atomic E-state index is -1.57. The zero-order valence-corrected chi connectivity index (χ0v) is 9.27. The van der Waals surface area contributed by atoms with Crippen LogP contribution in [0.2, 0.25) is 0 Å². The summed E-state index contributed by atoms with van der Waals surface area (Å²) >= 11 is 4.31. The highest BCUT2D eigenvalue weighted by atomic mass is 79.9. The van der Waals surface area contributed by atoms with Gasteiger partial charge < -0.3 is 10.0 Å². The van der Waals surface area contributed by atoms with Gasteiger partial charge in [0, 0.05) is 14.6 Å². The molecule has 0 unspecified atom stereocenters. The van der Waals surface area contributed by atoms with Crippen LogP contribution in [0.15, 0.2) is 22.7 Å². The Bertz CT molecular complexity index is 485. The third-order valence-electron chi connectivity index (χ3n) is 1.87. The van der Waals surface area contributed by atoms with Crippen LogP contribution in [0.4, 0.5) is 4.39 Å². The van der Waals surface area contributed by atoms with Gasteiger partial charge in [0.15, 0.2) is 0 Å². The first-order chi connectivity index (χ1) is 6.61. The van der Waals surface area contributed by atoms with E-state index in [0.29, 0.717) is 19.3 Å². The molecule has 0 radical (unpaired) electrons. The smallest absolute Gasteiger partial charge is 0.423 e. The van der Waals surface area contributed by atoms with E-state index in [9.17, 15) is 4.39 Å². The van der Waals surface area contributed by atoms with Crippen LogP contribution >= 0.6 is 27.3 Å². The van der Waals surface area contributed by atoms with Crippen LogP contribution in [0.1, 0.15) is 0 Å². The minimum Gasteiger partial charge on any atom is -0.423 e. The first-order valence-electron chi connectivity index (χ1n) is 3.84. The van der Waals surface area contributed by atoms with Gasteiger partial charge in [0.25, 0.3) is 0 Å². The zero-order chi connectivity index (χ0) is 10.3. The lowest BCUT2D eigenvalue weighted by atomic mass is 9.89. The van der Waals surface area contributed by atoms with Gasteiger partial charge in [-0.05, 0) is 28.1 Å². The van der Waals surface area contributed by atoms with Crippen molar-refractivity contribution in [3.8, 4) is 0 Å². The Morgan fingerprint density at radius 3 is 2.64 bits per heavy atom. The van der Waals surface area contributed by atoms with Crippen LogP contribution in [0, 0.1) is 5.82 Å². The number of fused-ring (bicyclic) bond motifs is 1. The second-order valence-corrected chi connectivity index (χ2v) is 4.64. The minimum absolute atomic E-state index is 0.324. The highest BCUT2D eigenvalue weighted by molar-refractivity contribution is 9.11. The molecule has 2 nitrogen and oxygen atoms in total. The standard InChI is InChI=1S/C8H5BBrFO2S/c10-7-6-4(11)2-1-3-5(6)14-8(7)9(12)13/h1-3,12-13H. The SMILES string of the molecule is OB(O)c1sc2cccc(F)c2c1Br. The van der Waals surface area contributed by atoms with Gasteiger partial charge in [-0.3, -0.25) is 0 Å². The molecule has 14 heavy (non-hydrogen) atoms. The predicted molar refractivity (Wildman–Crippen MR) is 59.3 cm³/mol. The van der Waals surface area contributed by atoms with Crippen LogP contribution < -0.4 is 4.78 Å². The Morgan fingerprint density at radius 2 is 2.07 bits per heavy atom. The molecular weight excluding hydrogens is 270 g/mol. The third-order valence-corrected chi connectivity index (χ3v) is 4.15. The summed E-state index contributed by atoms with van der Waals surface area (Å²) < 4.78 is 14.8. The molecule has 0 saturated carbocycles. The second kappa shape index (κ2) is 3.62. The number of hydrogen-bond acceptors (Lipinski definition) is 3. The van der Waals surface area contributed by atoms with Gasteiger partial charge in [0.2, 0.25) is 0 Å². The van der Waals surface area contributed by atoms with Crippen molar-refractivity contribution in [2.45, 2.75) is 0 Å². The topological polar surface area (TPSA) is 40.5 Å². The van der Waals surface area contributed by atoms with Gasteiger partial charge in [-0.25, -0.2) is 4.39 Å². The van der Waals surface area contributed by atoms with Crippen molar-refractivity contribution in [2.75, 3.05) is 0 Å². The van der Waals surface area contributed by atoms with E-state index in [1.807, 2.05) is 0 Å². The van der Waals surface area contributed by atoms with E-state index in [1.165, 1.54) is 6.07 Å². The summed E-state index contributed by atoms with van der Waals surface area (Å²) in [6.45, 7) is 0. The molecule has 2 N–H and O–H groups in total. The zero-order valence-electron chi connectivity index (χ0n) is 6.87. The molecule has 0 saturated heterocycles. The quantitative estimate of drug-likeness (QED) is 0.774. The number of halogens is 2. The summed E-state index contributed by atoms with van der Waals surface area (Å²) in [7, 11) is -1.57. The Morgan fingerprint density at radius 1 is 1.36 bits per heavy atom. The molecule has 0 atom stereocenters. The predicted octanol–water partition coefficient (Wildman–Crippen LogP) is 1.48. The molecule has 72 valence electrons. The fourth-order valence-electron chi connectivity index (χ4n) is 1.25. The van der Waals surface area contributed by atoms with E-state index in [2.05, 4.69) is 15.9 Å². The molecule has 0 fully saturated rings. The summed E-state index contributed by atoms with van der Waals surface area (Å²) in [5.41, 5.74) is 0. The number of benzene rings is 1. The molecule has 0 aliphatic carbocycles.